The molecule has 5 nitrogen and oxygen atoms in total. The van der Waals surface area contributed by atoms with Crippen LogP contribution in [0.2, 0.25) is 0 Å². The zero-order valence-corrected chi connectivity index (χ0v) is 21.2. The minimum absolute atomic E-state index is 0.0806. The normalized spacial score (nSPS) is 20.0. The Bertz CT molecular complexity index is 1330. The number of nitrogens with zero attached hydrogens (tertiary/aromatic N) is 3. The number of ether oxygens (including phenoxy) is 1. The van der Waals surface area contributed by atoms with Crippen molar-refractivity contribution < 1.29 is 4.74 Å². The van der Waals surface area contributed by atoms with Crippen LogP contribution in [0.4, 0.5) is 5.69 Å². The number of anilines is 1. The molecule has 6 heteroatoms. The zero-order valence-electron chi connectivity index (χ0n) is 20.4. The van der Waals surface area contributed by atoms with Crippen LogP contribution in [0.25, 0.3) is 5.69 Å². The van der Waals surface area contributed by atoms with Crippen LogP contribution in [0.15, 0.2) is 91.1 Å². The summed E-state index contributed by atoms with van der Waals surface area (Å²) in [5.41, 5.74) is 5.47. The Morgan fingerprint density at radius 2 is 1.61 bits per heavy atom. The predicted octanol–water partition coefficient (Wildman–Crippen LogP) is 6.68. The molecule has 4 aromatic rings. The minimum atomic E-state index is -0.0927. The van der Waals surface area contributed by atoms with E-state index in [1.54, 1.807) is 0 Å². The molecular weight excluding hydrogens is 464 g/mol. The van der Waals surface area contributed by atoms with Gasteiger partial charge in [0.05, 0.1) is 17.8 Å². The maximum Gasteiger partial charge on any atom is 0.174 e. The first-order valence-electron chi connectivity index (χ1n) is 12.7. The summed E-state index contributed by atoms with van der Waals surface area (Å²) in [7, 11) is 0. The molecule has 6 rings (SSSR count). The average molecular weight is 495 g/mol. The Morgan fingerprint density at radius 3 is 2.33 bits per heavy atom. The summed E-state index contributed by atoms with van der Waals surface area (Å²) < 4.78 is 8.54. The molecule has 1 saturated carbocycles. The van der Waals surface area contributed by atoms with E-state index in [4.69, 9.17) is 21.9 Å². The van der Waals surface area contributed by atoms with Gasteiger partial charge in [-0.1, -0.05) is 24.3 Å². The van der Waals surface area contributed by atoms with E-state index in [0.29, 0.717) is 11.2 Å². The van der Waals surface area contributed by atoms with Gasteiger partial charge in [0.15, 0.2) is 5.11 Å². The smallest absolute Gasteiger partial charge is 0.174 e. The molecule has 2 aromatic heterocycles. The number of benzene rings is 2. The highest BCUT2D eigenvalue weighted by molar-refractivity contribution is 7.80. The van der Waals surface area contributed by atoms with Crippen molar-refractivity contribution in [3.63, 3.8) is 0 Å². The van der Waals surface area contributed by atoms with E-state index in [1.165, 1.54) is 18.5 Å². The molecule has 2 fully saturated rings. The van der Waals surface area contributed by atoms with Crippen LogP contribution in [0.5, 0.6) is 5.75 Å². The second kappa shape index (κ2) is 9.78. The third-order valence-electron chi connectivity index (χ3n) is 7.24. The highest BCUT2D eigenvalue weighted by Crippen LogP contribution is 2.43. The van der Waals surface area contributed by atoms with Gasteiger partial charge in [-0.25, -0.2) is 0 Å². The van der Waals surface area contributed by atoms with Crippen LogP contribution in [-0.2, 0) is 0 Å². The van der Waals surface area contributed by atoms with Gasteiger partial charge < -0.3 is 19.5 Å². The molecule has 1 N–H and O–H groups in total. The minimum Gasteiger partial charge on any atom is -0.490 e. The van der Waals surface area contributed by atoms with Gasteiger partial charge in [0, 0.05) is 29.0 Å². The van der Waals surface area contributed by atoms with Crippen molar-refractivity contribution in [2.24, 2.45) is 0 Å². The summed E-state index contributed by atoms with van der Waals surface area (Å²) >= 11 is 5.94. The van der Waals surface area contributed by atoms with E-state index < -0.39 is 0 Å². The van der Waals surface area contributed by atoms with E-state index in [2.05, 4.69) is 88.4 Å². The number of hydrogen-bond donors (Lipinski definition) is 1. The highest BCUT2D eigenvalue weighted by Gasteiger charge is 2.42. The van der Waals surface area contributed by atoms with E-state index in [-0.39, 0.29) is 12.1 Å². The van der Waals surface area contributed by atoms with Gasteiger partial charge in [-0.15, -0.1) is 0 Å². The second-order valence-electron chi connectivity index (χ2n) is 9.59. The molecule has 0 unspecified atom stereocenters. The summed E-state index contributed by atoms with van der Waals surface area (Å²) in [5.74, 6) is 0.921. The number of hydrogen-bond acceptors (Lipinski definition) is 3. The molecule has 1 aliphatic heterocycles. The summed E-state index contributed by atoms with van der Waals surface area (Å²) in [6.45, 7) is 2.15. The number of thiocarbonyl (C=S) groups is 1. The highest BCUT2D eigenvalue weighted by atomic mass is 32.1. The Kier molecular flexibility index (Phi) is 6.20. The van der Waals surface area contributed by atoms with Gasteiger partial charge in [0.1, 0.15) is 11.8 Å². The Morgan fingerprint density at radius 1 is 0.861 bits per heavy atom. The third-order valence-corrected chi connectivity index (χ3v) is 7.56. The van der Waals surface area contributed by atoms with Gasteiger partial charge in [-0.2, -0.15) is 0 Å². The van der Waals surface area contributed by atoms with Gasteiger partial charge in [0.25, 0.3) is 0 Å². The van der Waals surface area contributed by atoms with E-state index in [9.17, 15) is 0 Å². The van der Waals surface area contributed by atoms with Gasteiger partial charge in [-0.05, 0) is 105 Å². The van der Waals surface area contributed by atoms with Crippen molar-refractivity contribution >= 4 is 23.0 Å². The zero-order chi connectivity index (χ0) is 24.5. The fraction of sp³-hybridized carbons (Fsp3) is 0.267. The molecule has 0 radical (unpaired) electrons. The Labute approximate surface area is 217 Å². The number of pyridine rings is 1. The van der Waals surface area contributed by atoms with Crippen molar-refractivity contribution in [3.05, 3.63) is 108 Å². The molecule has 0 spiro atoms. The summed E-state index contributed by atoms with van der Waals surface area (Å²) in [6, 6.07) is 29.1. The van der Waals surface area contributed by atoms with Crippen LogP contribution in [-0.4, -0.2) is 20.8 Å². The summed E-state index contributed by atoms with van der Waals surface area (Å²) in [4.78, 5) is 6.93. The molecule has 182 valence electrons. The number of nitrogens with one attached hydrogen (secondary N) is 1. The number of rotatable bonds is 6. The molecular formula is C30H30N4OS. The lowest BCUT2D eigenvalue weighted by Gasteiger charge is -2.29. The third kappa shape index (κ3) is 4.26. The first-order valence-corrected chi connectivity index (χ1v) is 13.1. The molecule has 0 amide bonds. The molecule has 36 heavy (non-hydrogen) atoms. The van der Waals surface area contributed by atoms with Gasteiger partial charge in [0.2, 0.25) is 0 Å². The molecule has 3 heterocycles. The van der Waals surface area contributed by atoms with Crippen LogP contribution in [0, 0.1) is 6.92 Å². The lowest BCUT2D eigenvalue weighted by Crippen LogP contribution is -2.30. The Balaban J connectivity index is 1.41. The molecule has 0 bridgehead atoms. The van der Waals surface area contributed by atoms with Crippen molar-refractivity contribution in [2.75, 3.05) is 4.90 Å². The maximum absolute atomic E-state index is 6.22. The lowest BCUT2D eigenvalue weighted by atomic mass is 10.0. The summed E-state index contributed by atoms with van der Waals surface area (Å²) in [6.07, 6.45) is 6.98. The van der Waals surface area contributed by atoms with Crippen LogP contribution in [0.1, 0.15) is 54.8 Å². The maximum atomic E-state index is 6.22. The Hall–Kier alpha value is -3.64. The fourth-order valence-corrected chi connectivity index (χ4v) is 5.88. The van der Waals surface area contributed by atoms with Crippen LogP contribution in [0.3, 0.4) is 0 Å². The largest absolute Gasteiger partial charge is 0.490 e. The summed E-state index contributed by atoms with van der Waals surface area (Å²) in [5, 5.41) is 4.27. The topological polar surface area (TPSA) is 42.3 Å². The first-order chi connectivity index (χ1) is 17.7. The lowest BCUT2D eigenvalue weighted by molar-refractivity contribution is 0.210. The average Bonchev–Trinajstić information content (AvgIpc) is 3.64. The number of para-hydroxylation sites is 1. The molecule has 1 saturated heterocycles. The number of aryl methyl sites for hydroxylation is 1. The monoisotopic (exact) mass is 494 g/mol. The standard InChI is InChI=1S/C30H30N4OS/c1-21-14-19-27(33(21)22-9-3-2-4-10-22)29-28(26-13-7-8-20-31-26)32-30(36)34(29)23-15-17-25(18-16-23)35-24-11-5-6-12-24/h2-4,7-10,13-20,24,28-29H,5-6,11-12H2,1H3,(H,32,36)/t28-,29+/m1/s1. The van der Waals surface area contributed by atoms with Crippen LogP contribution >= 0.6 is 12.2 Å². The van der Waals surface area contributed by atoms with E-state index >= 15 is 0 Å². The predicted molar refractivity (Wildman–Crippen MR) is 148 cm³/mol. The SMILES string of the molecule is Cc1ccc([C@H]2[C@@H](c3ccccn3)NC(=S)N2c2ccc(OC3CCCC3)cc2)n1-c1ccccc1. The fourth-order valence-electron chi connectivity index (χ4n) is 5.54. The van der Waals surface area contributed by atoms with Crippen LogP contribution < -0.4 is 15.0 Å². The van der Waals surface area contributed by atoms with Gasteiger partial charge in [-0.3, -0.25) is 4.98 Å². The van der Waals surface area contributed by atoms with Crippen molar-refractivity contribution in [1.82, 2.24) is 14.9 Å². The van der Waals surface area contributed by atoms with Crippen molar-refractivity contribution in [1.29, 1.82) is 0 Å². The first kappa shape index (κ1) is 22.8. The molecule has 1 aliphatic carbocycles. The number of aromatic nitrogens is 2. The van der Waals surface area contributed by atoms with Crippen molar-refractivity contribution in [2.45, 2.75) is 50.8 Å². The second-order valence-corrected chi connectivity index (χ2v) is 9.97. The van der Waals surface area contributed by atoms with Crippen molar-refractivity contribution in [3.8, 4) is 11.4 Å². The van der Waals surface area contributed by atoms with Gasteiger partial charge >= 0.3 is 0 Å². The molecule has 2 aromatic carbocycles. The molecule has 2 aliphatic rings. The van der Waals surface area contributed by atoms with E-state index in [0.717, 1.165) is 41.4 Å². The quantitative estimate of drug-likeness (QED) is 0.303. The molecule has 2 atom stereocenters. The van der Waals surface area contributed by atoms with E-state index in [1.807, 2.05) is 24.4 Å².